The van der Waals surface area contributed by atoms with E-state index in [0.29, 0.717) is 17.5 Å². The monoisotopic (exact) mass is 248 g/mol. The predicted molar refractivity (Wildman–Crippen MR) is 67.9 cm³/mol. The maximum atomic E-state index is 11.3. The zero-order valence-corrected chi connectivity index (χ0v) is 10.4. The number of aryl methyl sites for hydroxylation is 1. The fourth-order valence-corrected chi connectivity index (χ4v) is 2.18. The summed E-state index contributed by atoms with van der Waals surface area (Å²) in [7, 11) is 0. The van der Waals surface area contributed by atoms with Crippen LogP contribution in [0.5, 0.6) is 0 Å². The number of carbonyl (C=O) groups is 1. The first-order valence-corrected chi connectivity index (χ1v) is 5.94. The molecule has 1 aromatic carbocycles. The molecule has 2 aromatic rings. The number of carboxylic acids is 1. The van der Waals surface area contributed by atoms with Crippen LogP contribution in [0.2, 0.25) is 0 Å². The fraction of sp³-hybridized carbons (Fsp3) is 0.385. The normalized spacial score (nSPS) is 12.8. The van der Waals surface area contributed by atoms with Crippen molar-refractivity contribution in [1.82, 2.24) is 9.55 Å². The molecule has 0 fully saturated rings. The zero-order chi connectivity index (χ0) is 13.3. The molecule has 0 aliphatic rings. The molecule has 0 radical (unpaired) electrons. The molecule has 1 aromatic heterocycles. The largest absolute Gasteiger partial charge is 0.478 e. The van der Waals surface area contributed by atoms with E-state index in [9.17, 15) is 15.0 Å². The van der Waals surface area contributed by atoms with Crippen molar-refractivity contribution in [3.63, 3.8) is 0 Å². The van der Waals surface area contributed by atoms with E-state index >= 15 is 0 Å². The van der Waals surface area contributed by atoms with E-state index in [1.165, 1.54) is 0 Å². The molecule has 18 heavy (non-hydrogen) atoms. The van der Waals surface area contributed by atoms with Gasteiger partial charge in [-0.3, -0.25) is 0 Å². The topological polar surface area (TPSA) is 75.3 Å². The number of aliphatic hydroxyl groups is 1. The molecule has 1 unspecified atom stereocenters. The van der Waals surface area contributed by atoms with Gasteiger partial charge in [0.25, 0.3) is 0 Å². The van der Waals surface area contributed by atoms with Crippen LogP contribution >= 0.6 is 0 Å². The highest BCUT2D eigenvalue weighted by molar-refractivity contribution is 6.01. The molecule has 0 aliphatic heterocycles. The molecule has 0 bridgehead atoms. The Bertz CT molecular complexity index is 589. The third kappa shape index (κ3) is 1.86. The average Bonchev–Trinajstić information content (AvgIpc) is 2.75. The van der Waals surface area contributed by atoms with Crippen LogP contribution in [-0.4, -0.2) is 32.3 Å². The maximum Gasteiger partial charge on any atom is 0.337 e. The molecule has 2 N–H and O–H groups in total. The molecular weight excluding hydrogens is 232 g/mol. The Morgan fingerprint density at radius 2 is 2.22 bits per heavy atom. The summed E-state index contributed by atoms with van der Waals surface area (Å²) in [5, 5.41) is 18.6. The van der Waals surface area contributed by atoms with Crippen LogP contribution in [0.1, 0.15) is 36.1 Å². The molecule has 5 heteroatoms. The first-order chi connectivity index (χ1) is 8.60. The minimum absolute atomic E-state index is 0.0492. The smallest absolute Gasteiger partial charge is 0.337 e. The lowest BCUT2D eigenvalue weighted by molar-refractivity contribution is 0.0698. The van der Waals surface area contributed by atoms with Crippen molar-refractivity contribution in [2.75, 3.05) is 6.61 Å². The van der Waals surface area contributed by atoms with Gasteiger partial charge in [-0.2, -0.15) is 0 Å². The number of aromatic carboxylic acids is 1. The lowest BCUT2D eigenvalue weighted by atomic mass is 10.1. The van der Waals surface area contributed by atoms with Gasteiger partial charge in [0.2, 0.25) is 0 Å². The Labute approximate surface area is 105 Å². The number of nitrogens with zero attached hydrogens (tertiary/aromatic N) is 2. The molecule has 2 rings (SSSR count). The van der Waals surface area contributed by atoms with Crippen LogP contribution < -0.4 is 0 Å². The molecule has 5 nitrogen and oxygen atoms in total. The molecule has 1 heterocycles. The molecule has 1 atom stereocenters. The number of hydrogen-bond donors (Lipinski definition) is 2. The van der Waals surface area contributed by atoms with Crippen molar-refractivity contribution in [3.8, 4) is 0 Å². The van der Waals surface area contributed by atoms with Gasteiger partial charge < -0.3 is 14.8 Å². The molecular formula is C13H16N2O3. The first kappa shape index (κ1) is 12.6. The summed E-state index contributed by atoms with van der Waals surface area (Å²) in [5.74, 6) is -0.185. The minimum Gasteiger partial charge on any atom is -0.478 e. The molecule has 0 saturated carbocycles. The third-order valence-electron chi connectivity index (χ3n) is 3.03. The van der Waals surface area contributed by atoms with Gasteiger partial charge in [0.05, 0.1) is 29.2 Å². The van der Waals surface area contributed by atoms with Gasteiger partial charge in [-0.05, 0) is 19.1 Å². The number of carboxylic acid groups (broad SMARTS) is 1. The van der Waals surface area contributed by atoms with E-state index in [0.717, 1.165) is 5.82 Å². The number of rotatable bonds is 4. The van der Waals surface area contributed by atoms with Crippen LogP contribution in [0.15, 0.2) is 18.2 Å². The average molecular weight is 248 g/mol. The summed E-state index contributed by atoms with van der Waals surface area (Å²) in [5.41, 5.74) is 1.47. The second kappa shape index (κ2) is 4.78. The summed E-state index contributed by atoms with van der Waals surface area (Å²) < 4.78 is 1.82. The van der Waals surface area contributed by atoms with Crippen LogP contribution in [0.4, 0.5) is 0 Å². The lowest BCUT2D eigenvalue weighted by Crippen LogP contribution is -2.14. The maximum absolute atomic E-state index is 11.3. The number of imidazole rings is 1. The highest BCUT2D eigenvalue weighted by atomic mass is 16.4. The SMILES string of the molecule is CCc1nc2cccc(C(=O)O)c2n1C(C)CO. The molecule has 0 saturated heterocycles. The highest BCUT2D eigenvalue weighted by Gasteiger charge is 2.19. The van der Waals surface area contributed by atoms with E-state index < -0.39 is 5.97 Å². The van der Waals surface area contributed by atoms with Gasteiger partial charge in [0.1, 0.15) is 5.82 Å². The second-order valence-corrected chi connectivity index (χ2v) is 4.26. The summed E-state index contributed by atoms with van der Waals surface area (Å²) in [6.45, 7) is 3.76. The highest BCUT2D eigenvalue weighted by Crippen LogP contribution is 2.25. The summed E-state index contributed by atoms with van der Waals surface area (Å²) in [6, 6.07) is 4.85. The van der Waals surface area contributed by atoms with Gasteiger partial charge in [-0.1, -0.05) is 13.0 Å². The number of hydrogen-bond acceptors (Lipinski definition) is 3. The van der Waals surface area contributed by atoms with Gasteiger partial charge in [0.15, 0.2) is 0 Å². The fourth-order valence-electron chi connectivity index (χ4n) is 2.18. The number of benzene rings is 1. The summed E-state index contributed by atoms with van der Waals surface area (Å²) in [6.07, 6.45) is 0.693. The van der Waals surface area contributed by atoms with E-state index in [4.69, 9.17) is 0 Å². The van der Waals surface area contributed by atoms with Crippen molar-refractivity contribution < 1.29 is 15.0 Å². The molecule has 96 valence electrons. The molecule has 0 spiro atoms. The number of fused-ring (bicyclic) bond motifs is 1. The Morgan fingerprint density at radius 3 is 2.78 bits per heavy atom. The van der Waals surface area contributed by atoms with E-state index in [-0.39, 0.29) is 18.2 Å². The minimum atomic E-state index is -0.977. The quantitative estimate of drug-likeness (QED) is 0.865. The first-order valence-electron chi connectivity index (χ1n) is 5.94. The number of aliphatic hydroxyl groups excluding tert-OH is 1. The van der Waals surface area contributed by atoms with Crippen molar-refractivity contribution in [3.05, 3.63) is 29.6 Å². The predicted octanol–water partition coefficient (Wildman–Crippen LogP) is 1.85. The Hall–Kier alpha value is -1.88. The van der Waals surface area contributed by atoms with Crippen LogP contribution in [0.25, 0.3) is 11.0 Å². The second-order valence-electron chi connectivity index (χ2n) is 4.26. The van der Waals surface area contributed by atoms with E-state index in [1.807, 2.05) is 18.4 Å². The van der Waals surface area contributed by atoms with Crippen LogP contribution in [0.3, 0.4) is 0 Å². The van der Waals surface area contributed by atoms with Crippen molar-refractivity contribution in [2.24, 2.45) is 0 Å². The van der Waals surface area contributed by atoms with Crippen molar-refractivity contribution in [2.45, 2.75) is 26.3 Å². The summed E-state index contributed by atoms with van der Waals surface area (Å²) in [4.78, 5) is 15.7. The van der Waals surface area contributed by atoms with Gasteiger partial charge in [0, 0.05) is 6.42 Å². The summed E-state index contributed by atoms with van der Waals surface area (Å²) >= 11 is 0. The van der Waals surface area contributed by atoms with Crippen molar-refractivity contribution in [1.29, 1.82) is 0 Å². The van der Waals surface area contributed by atoms with Gasteiger partial charge >= 0.3 is 5.97 Å². The number of para-hydroxylation sites is 1. The number of aromatic nitrogens is 2. The van der Waals surface area contributed by atoms with Crippen molar-refractivity contribution >= 4 is 17.0 Å². The van der Waals surface area contributed by atoms with Crippen LogP contribution in [-0.2, 0) is 6.42 Å². The standard InChI is InChI=1S/C13H16N2O3/c1-3-11-14-10-6-4-5-9(13(17)18)12(10)15(11)8(2)7-16/h4-6,8,16H,3,7H2,1-2H3,(H,17,18). The Balaban J connectivity index is 2.82. The van der Waals surface area contributed by atoms with E-state index in [2.05, 4.69) is 4.98 Å². The lowest BCUT2D eigenvalue weighted by Gasteiger charge is -2.15. The van der Waals surface area contributed by atoms with Gasteiger partial charge in [-0.15, -0.1) is 0 Å². The molecule has 0 amide bonds. The van der Waals surface area contributed by atoms with E-state index in [1.54, 1.807) is 18.2 Å². The Kier molecular flexibility index (Phi) is 3.34. The zero-order valence-electron chi connectivity index (χ0n) is 10.4. The van der Waals surface area contributed by atoms with Crippen LogP contribution in [0, 0.1) is 0 Å². The Morgan fingerprint density at radius 1 is 1.50 bits per heavy atom. The van der Waals surface area contributed by atoms with Gasteiger partial charge in [-0.25, -0.2) is 9.78 Å². The molecule has 0 aliphatic carbocycles. The third-order valence-corrected chi connectivity index (χ3v) is 3.03.